The van der Waals surface area contributed by atoms with Crippen molar-refractivity contribution in [1.29, 1.82) is 0 Å². The molecule has 0 saturated carbocycles. The molecule has 0 aliphatic rings. The first kappa shape index (κ1) is 15.1. The maximum absolute atomic E-state index is 11.5. The van der Waals surface area contributed by atoms with E-state index < -0.39 is 0 Å². The van der Waals surface area contributed by atoms with E-state index in [0.29, 0.717) is 31.0 Å². The summed E-state index contributed by atoms with van der Waals surface area (Å²) in [5.74, 6) is 2.10. The minimum absolute atomic E-state index is 0.0287. The van der Waals surface area contributed by atoms with E-state index in [9.17, 15) is 4.79 Å². The average molecular weight is 288 g/mol. The van der Waals surface area contributed by atoms with E-state index in [2.05, 4.69) is 10.3 Å². The Labute approximate surface area is 124 Å². The first-order chi connectivity index (χ1) is 10.2. The molecule has 0 aliphatic carbocycles. The number of amides is 1. The lowest BCUT2D eigenvalue weighted by Crippen LogP contribution is -2.24. The number of hydrogen-bond donors (Lipinski definition) is 1. The number of aryl methyl sites for hydroxylation is 1. The fourth-order valence-electron chi connectivity index (χ4n) is 1.89. The number of aromatic nitrogens is 1. The Kier molecular flexibility index (Phi) is 5.37. The quantitative estimate of drug-likeness (QED) is 0.851. The summed E-state index contributed by atoms with van der Waals surface area (Å²) in [5.41, 5.74) is 0.935. The van der Waals surface area contributed by atoms with Crippen LogP contribution in [0.15, 0.2) is 34.9 Å². The Bertz CT molecular complexity index is 575. The van der Waals surface area contributed by atoms with Gasteiger partial charge in [0.1, 0.15) is 5.75 Å². The highest BCUT2D eigenvalue weighted by atomic mass is 16.5. The van der Waals surface area contributed by atoms with Gasteiger partial charge >= 0.3 is 0 Å². The Morgan fingerprint density at radius 3 is 2.76 bits per heavy atom. The number of methoxy groups -OCH3 is 1. The van der Waals surface area contributed by atoms with E-state index >= 15 is 0 Å². The highest BCUT2D eigenvalue weighted by Crippen LogP contribution is 2.23. The van der Waals surface area contributed by atoms with E-state index in [4.69, 9.17) is 9.15 Å². The molecule has 1 N–H and O–H groups in total. The summed E-state index contributed by atoms with van der Waals surface area (Å²) in [4.78, 5) is 15.7. The minimum Gasteiger partial charge on any atom is -0.497 e. The normalized spacial score (nSPS) is 10.4. The molecule has 1 amide bonds. The van der Waals surface area contributed by atoms with Crippen LogP contribution in [0, 0.1) is 0 Å². The zero-order valence-corrected chi connectivity index (χ0v) is 12.4. The molecule has 2 rings (SSSR count). The summed E-state index contributed by atoms with van der Waals surface area (Å²) >= 11 is 0. The maximum Gasteiger partial charge on any atom is 0.220 e. The van der Waals surface area contributed by atoms with Crippen LogP contribution in [0.25, 0.3) is 11.3 Å². The fraction of sp³-hybridized carbons (Fsp3) is 0.375. The predicted molar refractivity (Wildman–Crippen MR) is 80.1 cm³/mol. The molecule has 1 aromatic heterocycles. The van der Waals surface area contributed by atoms with E-state index in [0.717, 1.165) is 17.7 Å². The van der Waals surface area contributed by atoms with Crippen LogP contribution >= 0.6 is 0 Å². The smallest absolute Gasteiger partial charge is 0.220 e. The van der Waals surface area contributed by atoms with Crippen LogP contribution in [0.4, 0.5) is 0 Å². The van der Waals surface area contributed by atoms with Gasteiger partial charge in [0.15, 0.2) is 11.7 Å². The van der Waals surface area contributed by atoms with Gasteiger partial charge in [-0.15, -0.1) is 0 Å². The number of carbonyl (C=O) groups excluding carboxylic acids is 1. The number of hydrogen-bond acceptors (Lipinski definition) is 4. The summed E-state index contributed by atoms with van der Waals surface area (Å²) in [6.07, 6.45) is 3.52. The number of rotatable bonds is 7. The molecule has 5 nitrogen and oxygen atoms in total. The van der Waals surface area contributed by atoms with Gasteiger partial charge in [0.05, 0.1) is 13.3 Å². The lowest BCUT2D eigenvalue weighted by molar-refractivity contribution is -0.121. The minimum atomic E-state index is 0.0287. The lowest BCUT2D eigenvalue weighted by Gasteiger charge is -2.01. The number of carbonyl (C=O) groups is 1. The second kappa shape index (κ2) is 7.47. The van der Waals surface area contributed by atoms with Crippen LogP contribution in [0.5, 0.6) is 5.75 Å². The van der Waals surface area contributed by atoms with Gasteiger partial charge < -0.3 is 14.5 Å². The van der Waals surface area contributed by atoms with Crippen LogP contribution in [0.1, 0.15) is 25.7 Å². The zero-order valence-electron chi connectivity index (χ0n) is 12.4. The molecular weight excluding hydrogens is 268 g/mol. The monoisotopic (exact) mass is 288 g/mol. The van der Waals surface area contributed by atoms with E-state index in [-0.39, 0.29) is 5.91 Å². The molecule has 1 aromatic carbocycles. The third kappa shape index (κ3) is 4.34. The van der Waals surface area contributed by atoms with Crippen molar-refractivity contribution in [2.24, 2.45) is 0 Å². The fourth-order valence-corrected chi connectivity index (χ4v) is 1.89. The molecule has 0 radical (unpaired) electrons. The average Bonchev–Trinajstić information content (AvgIpc) is 3.00. The third-order valence-corrected chi connectivity index (χ3v) is 3.07. The molecular formula is C16H20N2O3. The van der Waals surface area contributed by atoms with E-state index in [1.165, 1.54) is 0 Å². The topological polar surface area (TPSA) is 64.4 Å². The van der Waals surface area contributed by atoms with Crippen LogP contribution in [0.2, 0.25) is 0 Å². The van der Waals surface area contributed by atoms with Crippen LogP contribution in [-0.2, 0) is 11.2 Å². The van der Waals surface area contributed by atoms with Gasteiger partial charge in [-0.2, -0.15) is 0 Å². The van der Waals surface area contributed by atoms with Crippen LogP contribution < -0.4 is 10.1 Å². The molecule has 0 atom stereocenters. The Balaban J connectivity index is 1.92. The SMILES string of the molecule is CCCNC(=O)CCc1ncc(-c2ccc(OC)cc2)o1. The van der Waals surface area contributed by atoms with Gasteiger partial charge in [0.2, 0.25) is 5.91 Å². The van der Waals surface area contributed by atoms with Crippen molar-refractivity contribution in [2.45, 2.75) is 26.2 Å². The van der Waals surface area contributed by atoms with Crippen LogP contribution in [-0.4, -0.2) is 24.5 Å². The highest BCUT2D eigenvalue weighted by Gasteiger charge is 2.08. The van der Waals surface area contributed by atoms with Crippen molar-refractivity contribution in [3.8, 4) is 17.1 Å². The zero-order chi connectivity index (χ0) is 15.1. The van der Waals surface area contributed by atoms with Crippen LogP contribution in [0.3, 0.4) is 0 Å². The van der Waals surface area contributed by atoms with Crippen molar-refractivity contribution in [3.05, 3.63) is 36.4 Å². The molecule has 112 valence electrons. The van der Waals surface area contributed by atoms with Gasteiger partial charge in [-0.1, -0.05) is 6.92 Å². The van der Waals surface area contributed by atoms with Gasteiger partial charge in [-0.25, -0.2) is 4.98 Å². The van der Waals surface area contributed by atoms with Crippen molar-refractivity contribution in [3.63, 3.8) is 0 Å². The molecule has 0 fully saturated rings. The molecule has 0 saturated heterocycles. The Morgan fingerprint density at radius 2 is 2.10 bits per heavy atom. The first-order valence-corrected chi connectivity index (χ1v) is 7.08. The van der Waals surface area contributed by atoms with Crippen molar-refractivity contribution in [1.82, 2.24) is 10.3 Å². The van der Waals surface area contributed by atoms with Crippen molar-refractivity contribution in [2.75, 3.05) is 13.7 Å². The van der Waals surface area contributed by atoms with E-state index in [1.54, 1.807) is 13.3 Å². The summed E-state index contributed by atoms with van der Waals surface area (Å²) in [7, 11) is 1.63. The molecule has 0 spiro atoms. The second-order valence-electron chi connectivity index (χ2n) is 4.70. The number of nitrogens with zero attached hydrogens (tertiary/aromatic N) is 1. The number of nitrogens with one attached hydrogen (secondary N) is 1. The third-order valence-electron chi connectivity index (χ3n) is 3.07. The van der Waals surface area contributed by atoms with E-state index in [1.807, 2.05) is 31.2 Å². The highest BCUT2D eigenvalue weighted by molar-refractivity contribution is 5.75. The van der Waals surface area contributed by atoms with Gasteiger partial charge in [-0.3, -0.25) is 4.79 Å². The van der Waals surface area contributed by atoms with Crippen molar-refractivity contribution >= 4 is 5.91 Å². The standard InChI is InChI=1S/C16H20N2O3/c1-3-10-17-15(19)8-9-16-18-11-14(21-16)12-4-6-13(20-2)7-5-12/h4-7,11H,3,8-10H2,1-2H3,(H,17,19). The van der Waals surface area contributed by atoms with Gasteiger partial charge in [0.25, 0.3) is 0 Å². The largest absolute Gasteiger partial charge is 0.497 e. The summed E-state index contributed by atoms with van der Waals surface area (Å²) in [6.45, 7) is 2.73. The predicted octanol–water partition coefficient (Wildman–Crippen LogP) is 2.81. The summed E-state index contributed by atoms with van der Waals surface area (Å²) in [6, 6.07) is 7.57. The Hall–Kier alpha value is -2.30. The van der Waals surface area contributed by atoms with Gasteiger partial charge in [-0.05, 0) is 30.7 Å². The van der Waals surface area contributed by atoms with Gasteiger partial charge in [0, 0.05) is 24.9 Å². The number of benzene rings is 1. The lowest BCUT2D eigenvalue weighted by atomic mass is 10.2. The molecule has 0 bridgehead atoms. The number of oxazole rings is 1. The molecule has 21 heavy (non-hydrogen) atoms. The summed E-state index contributed by atoms with van der Waals surface area (Å²) < 4.78 is 10.8. The molecule has 0 unspecified atom stereocenters. The Morgan fingerprint density at radius 1 is 1.33 bits per heavy atom. The summed E-state index contributed by atoms with van der Waals surface area (Å²) in [5, 5.41) is 2.83. The number of ether oxygens (including phenoxy) is 1. The molecule has 2 aromatic rings. The molecule has 1 heterocycles. The van der Waals surface area contributed by atoms with Crippen molar-refractivity contribution < 1.29 is 13.9 Å². The second-order valence-corrected chi connectivity index (χ2v) is 4.70. The molecule has 0 aliphatic heterocycles. The maximum atomic E-state index is 11.5. The molecule has 5 heteroatoms. The first-order valence-electron chi connectivity index (χ1n) is 7.08.